The molecule has 1 rings (SSSR count). The van der Waals surface area contributed by atoms with E-state index in [1.54, 1.807) is 6.07 Å². The molecule has 0 heterocycles. The number of ether oxygens (including phenoxy) is 2. The second-order valence-corrected chi connectivity index (χ2v) is 3.52. The number of hydrogen-bond acceptors (Lipinski definition) is 6. The van der Waals surface area contributed by atoms with Gasteiger partial charge in [0.2, 0.25) is 0 Å². The van der Waals surface area contributed by atoms with Crippen molar-refractivity contribution >= 4 is 12.4 Å². The Morgan fingerprint density at radius 1 is 1.42 bits per heavy atom. The van der Waals surface area contributed by atoms with Crippen LogP contribution in [0.2, 0.25) is 0 Å². The van der Waals surface area contributed by atoms with Gasteiger partial charge in [-0.15, -0.1) is 0 Å². The predicted octanol–water partition coefficient (Wildman–Crippen LogP) is 0.881. The third-order valence-corrected chi connectivity index (χ3v) is 2.39. The standard InChI is InChI=1S/C12H13NO6/c1-18-9-4-3-8(12(6-9)19-2)5-10(13(16)17)11(15)7-14/h3-7,11,15H,1-2H3/b10-5+. The van der Waals surface area contributed by atoms with Crippen LogP contribution in [0.25, 0.3) is 6.08 Å². The third-order valence-electron chi connectivity index (χ3n) is 2.39. The van der Waals surface area contributed by atoms with Gasteiger partial charge >= 0.3 is 0 Å². The predicted molar refractivity (Wildman–Crippen MR) is 66.6 cm³/mol. The lowest BCUT2D eigenvalue weighted by Gasteiger charge is -2.08. The van der Waals surface area contributed by atoms with Crippen LogP contribution in [-0.2, 0) is 4.79 Å². The number of nitrogens with zero attached hydrogens (tertiary/aromatic N) is 1. The van der Waals surface area contributed by atoms with Crippen molar-refractivity contribution in [2.75, 3.05) is 14.2 Å². The van der Waals surface area contributed by atoms with E-state index in [1.807, 2.05) is 0 Å². The monoisotopic (exact) mass is 267 g/mol. The van der Waals surface area contributed by atoms with E-state index in [1.165, 1.54) is 26.4 Å². The number of aliphatic hydroxyl groups excluding tert-OH is 1. The Balaban J connectivity index is 3.27. The molecule has 1 aromatic rings. The number of aliphatic hydroxyl groups is 1. The highest BCUT2D eigenvalue weighted by Crippen LogP contribution is 2.27. The van der Waals surface area contributed by atoms with Crippen molar-refractivity contribution in [3.63, 3.8) is 0 Å². The minimum atomic E-state index is -1.79. The smallest absolute Gasteiger partial charge is 0.282 e. The van der Waals surface area contributed by atoms with Crippen LogP contribution in [0.15, 0.2) is 23.9 Å². The first-order chi connectivity index (χ1) is 9.03. The van der Waals surface area contributed by atoms with Gasteiger partial charge in [0.15, 0.2) is 12.4 Å². The Morgan fingerprint density at radius 3 is 2.58 bits per heavy atom. The maximum absolute atomic E-state index is 10.8. The quantitative estimate of drug-likeness (QED) is 0.466. The van der Waals surface area contributed by atoms with Gasteiger partial charge < -0.3 is 14.6 Å². The summed E-state index contributed by atoms with van der Waals surface area (Å²) in [5, 5.41) is 20.1. The summed E-state index contributed by atoms with van der Waals surface area (Å²) in [6.45, 7) is 0. The molecule has 0 aliphatic rings. The molecule has 1 aromatic carbocycles. The highest BCUT2D eigenvalue weighted by Gasteiger charge is 2.22. The number of hydrogen-bond donors (Lipinski definition) is 1. The molecular formula is C12H13NO6. The van der Waals surface area contributed by atoms with Gasteiger partial charge in [0.1, 0.15) is 11.5 Å². The SMILES string of the molecule is COc1ccc(/C=C(\C(O)C=O)[N+](=O)[O-])c(OC)c1. The van der Waals surface area contributed by atoms with E-state index in [-0.39, 0.29) is 6.29 Å². The molecule has 19 heavy (non-hydrogen) atoms. The molecule has 1 N–H and O–H groups in total. The molecule has 0 aliphatic carbocycles. The number of rotatable bonds is 6. The van der Waals surface area contributed by atoms with Gasteiger partial charge in [-0.1, -0.05) is 0 Å². The fourth-order valence-electron chi connectivity index (χ4n) is 1.41. The molecule has 7 nitrogen and oxygen atoms in total. The molecule has 0 spiro atoms. The van der Waals surface area contributed by atoms with E-state index in [0.717, 1.165) is 6.08 Å². The molecule has 0 fully saturated rings. The molecule has 102 valence electrons. The van der Waals surface area contributed by atoms with E-state index in [2.05, 4.69) is 0 Å². The van der Waals surface area contributed by atoms with Gasteiger partial charge in [-0.25, -0.2) is 0 Å². The largest absolute Gasteiger partial charge is 0.497 e. The van der Waals surface area contributed by atoms with Crippen molar-refractivity contribution in [3.05, 3.63) is 39.6 Å². The summed E-state index contributed by atoms with van der Waals surface area (Å²) in [7, 11) is 2.87. The molecule has 0 bridgehead atoms. The fourth-order valence-corrected chi connectivity index (χ4v) is 1.41. The van der Waals surface area contributed by atoms with Crippen molar-refractivity contribution in [1.82, 2.24) is 0 Å². The molecule has 0 aromatic heterocycles. The number of benzene rings is 1. The number of methoxy groups -OCH3 is 2. The van der Waals surface area contributed by atoms with Gasteiger partial charge in [0.25, 0.3) is 5.70 Å². The fraction of sp³-hybridized carbons (Fsp3) is 0.250. The van der Waals surface area contributed by atoms with Crippen molar-refractivity contribution in [2.45, 2.75) is 6.10 Å². The topological polar surface area (TPSA) is 98.9 Å². The summed E-state index contributed by atoms with van der Waals surface area (Å²) >= 11 is 0. The van der Waals surface area contributed by atoms with Crippen LogP contribution in [0.4, 0.5) is 0 Å². The Hall–Kier alpha value is -2.41. The first kappa shape index (κ1) is 14.7. The summed E-state index contributed by atoms with van der Waals surface area (Å²) < 4.78 is 10.1. The first-order valence-electron chi connectivity index (χ1n) is 5.24. The summed E-state index contributed by atoms with van der Waals surface area (Å²) in [4.78, 5) is 20.4. The minimum absolute atomic E-state index is 0.0879. The van der Waals surface area contributed by atoms with E-state index < -0.39 is 16.7 Å². The molecule has 0 aliphatic heterocycles. The van der Waals surface area contributed by atoms with E-state index in [4.69, 9.17) is 9.47 Å². The van der Waals surface area contributed by atoms with Gasteiger partial charge in [-0.2, -0.15) is 0 Å². The zero-order valence-corrected chi connectivity index (χ0v) is 10.4. The molecule has 1 unspecified atom stereocenters. The van der Waals surface area contributed by atoms with Crippen LogP contribution in [0, 0.1) is 10.1 Å². The maximum atomic E-state index is 10.8. The normalized spacial score (nSPS) is 12.7. The number of aldehydes is 1. The zero-order chi connectivity index (χ0) is 14.4. The maximum Gasteiger partial charge on any atom is 0.282 e. The molecular weight excluding hydrogens is 254 g/mol. The van der Waals surface area contributed by atoms with Crippen molar-refractivity contribution < 1.29 is 24.3 Å². The van der Waals surface area contributed by atoms with Crippen LogP contribution < -0.4 is 9.47 Å². The Bertz CT molecular complexity index is 511. The van der Waals surface area contributed by atoms with Crippen molar-refractivity contribution in [2.24, 2.45) is 0 Å². The molecule has 1 atom stereocenters. The van der Waals surface area contributed by atoms with Crippen molar-refractivity contribution in [3.8, 4) is 11.5 Å². The van der Waals surface area contributed by atoms with Gasteiger partial charge in [0, 0.05) is 17.7 Å². The molecule has 0 saturated carbocycles. The second kappa shape index (κ2) is 6.50. The van der Waals surface area contributed by atoms with Crippen LogP contribution in [0.3, 0.4) is 0 Å². The summed E-state index contributed by atoms with van der Waals surface area (Å²) in [5.41, 5.74) is -0.269. The first-order valence-corrected chi connectivity index (χ1v) is 5.24. The molecule has 0 amide bonds. The minimum Gasteiger partial charge on any atom is -0.497 e. The average Bonchev–Trinajstić information content (AvgIpc) is 2.43. The van der Waals surface area contributed by atoms with Crippen LogP contribution >= 0.6 is 0 Å². The number of nitro groups is 1. The van der Waals surface area contributed by atoms with Crippen molar-refractivity contribution in [1.29, 1.82) is 0 Å². The van der Waals surface area contributed by atoms with Crippen LogP contribution in [-0.4, -0.2) is 36.6 Å². The average molecular weight is 267 g/mol. The van der Waals surface area contributed by atoms with Gasteiger partial charge in [-0.05, 0) is 12.1 Å². The summed E-state index contributed by atoms with van der Waals surface area (Å²) in [6.07, 6.45) is -0.621. The van der Waals surface area contributed by atoms with E-state index >= 15 is 0 Å². The van der Waals surface area contributed by atoms with Crippen LogP contribution in [0.5, 0.6) is 11.5 Å². The Labute approximate surface area is 109 Å². The Kier molecular flexibility index (Phi) is 5.01. The molecule has 0 radical (unpaired) electrons. The van der Waals surface area contributed by atoms with Crippen LogP contribution in [0.1, 0.15) is 5.56 Å². The molecule has 7 heteroatoms. The lowest BCUT2D eigenvalue weighted by atomic mass is 10.1. The van der Waals surface area contributed by atoms with E-state index in [9.17, 15) is 20.0 Å². The summed E-state index contributed by atoms with van der Waals surface area (Å²) in [6, 6.07) is 4.65. The Morgan fingerprint density at radius 2 is 2.11 bits per heavy atom. The van der Waals surface area contributed by atoms with Gasteiger partial charge in [-0.3, -0.25) is 14.9 Å². The van der Waals surface area contributed by atoms with Gasteiger partial charge in [0.05, 0.1) is 19.1 Å². The highest BCUT2D eigenvalue weighted by atomic mass is 16.6. The third kappa shape index (κ3) is 3.52. The molecule has 0 saturated heterocycles. The van der Waals surface area contributed by atoms with E-state index in [0.29, 0.717) is 17.1 Å². The number of carbonyl (C=O) groups excluding carboxylic acids is 1. The lowest BCUT2D eigenvalue weighted by Crippen LogP contribution is -2.18. The summed E-state index contributed by atoms with van der Waals surface area (Å²) in [5.74, 6) is 0.851. The second-order valence-electron chi connectivity index (χ2n) is 3.52. The zero-order valence-electron chi connectivity index (χ0n) is 10.4. The highest BCUT2D eigenvalue weighted by molar-refractivity contribution is 5.68. The number of carbonyl (C=O) groups is 1. The lowest BCUT2D eigenvalue weighted by molar-refractivity contribution is -0.431.